The third-order valence-corrected chi connectivity index (χ3v) is 2.83. The fourth-order valence-electron chi connectivity index (χ4n) is 2.09. The Morgan fingerprint density at radius 1 is 1.00 bits per heavy atom. The van der Waals surface area contributed by atoms with Crippen LogP contribution in [0.15, 0.2) is 48.6 Å². The minimum atomic E-state index is 0.440. The highest BCUT2D eigenvalue weighted by atomic mass is 14.9. The third kappa shape index (κ3) is 1.17. The maximum atomic E-state index is 3.53. The second-order valence-electron chi connectivity index (χ2n) is 3.77. The summed E-state index contributed by atoms with van der Waals surface area (Å²) in [5.74, 6) is 0.509. The van der Waals surface area contributed by atoms with E-state index in [0.29, 0.717) is 12.0 Å². The van der Waals surface area contributed by atoms with Crippen molar-refractivity contribution in [3.05, 3.63) is 60.6 Å². The summed E-state index contributed by atoms with van der Waals surface area (Å²) in [5.41, 5.74) is 2.56. The molecule has 1 aliphatic heterocycles. The molecule has 0 amide bonds. The molecule has 0 fully saturated rings. The van der Waals surface area contributed by atoms with E-state index in [1.54, 1.807) is 0 Å². The Morgan fingerprint density at radius 3 is 2.86 bits per heavy atom. The van der Waals surface area contributed by atoms with Gasteiger partial charge in [0.25, 0.3) is 0 Å². The topological polar surface area (TPSA) is 12.0 Å². The average Bonchev–Trinajstić information content (AvgIpc) is 2.26. The van der Waals surface area contributed by atoms with Gasteiger partial charge in [-0.2, -0.15) is 0 Å². The lowest BCUT2D eigenvalue weighted by Crippen LogP contribution is -2.32. The first-order valence-corrected chi connectivity index (χ1v) is 4.99. The van der Waals surface area contributed by atoms with Gasteiger partial charge in [-0.15, -0.1) is 0 Å². The highest BCUT2D eigenvalue weighted by Crippen LogP contribution is 2.32. The molecule has 1 heteroatoms. The Morgan fingerprint density at radius 2 is 1.86 bits per heavy atom. The lowest BCUT2D eigenvalue weighted by Gasteiger charge is -2.32. The Kier molecular flexibility index (Phi) is 1.69. The molecular formula is C13H12N. The highest BCUT2D eigenvalue weighted by Gasteiger charge is 2.24. The van der Waals surface area contributed by atoms with Crippen LogP contribution < -0.4 is 5.32 Å². The number of hydrogen-bond donors (Lipinski definition) is 1. The Bertz CT molecular complexity index is 364. The minimum Gasteiger partial charge on any atom is -0.378 e. The van der Waals surface area contributed by atoms with Crippen molar-refractivity contribution in [2.45, 2.75) is 6.04 Å². The number of rotatable bonds is 0. The van der Waals surface area contributed by atoms with E-state index >= 15 is 0 Å². The number of allylic oxidation sites excluding steroid dienone is 2. The molecule has 2 aliphatic rings. The van der Waals surface area contributed by atoms with Gasteiger partial charge < -0.3 is 5.32 Å². The van der Waals surface area contributed by atoms with E-state index in [2.05, 4.69) is 60.3 Å². The normalized spacial score (nSPS) is 27.7. The summed E-state index contributed by atoms with van der Waals surface area (Å²) < 4.78 is 0. The van der Waals surface area contributed by atoms with E-state index < -0.39 is 0 Å². The molecule has 1 N–H and O–H groups in total. The summed E-state index contributed by atoms with van der Waals surface area (Å²) in [7, 11) is 0. The van der Waals surface area contributed by atoms with E-state index in [1.807, 2.05) is 0 Å². The van der Waals surface area contributed by atoms with Crippen molar-refractivity contribution >= 4 is 5.69 Å². The molecule has 14 heavy (non-hydrogen) atoms. The zero-order chi connectivity index (χ0) is 9.38. The van der Waals surface area contributed by atoms with Gasteiger partial charge in [0.05, 0.1) is 6.04 Å². The molecule has 0 saturated carbocycles. The quantitative estimate of drug-likeness (QED) is 0.650. The molecule has 0 saturated heterocycles. The van der Waals surface area contributed by atoms with Crippen LogP contribution >= 0.6 is 0 Å². The van der Waals surface area contributed by atoms with Crippen LogP contribution in [0.4, 0.5) is 5.69 Å². The standard InChI is InChI=1S/C13H12N/c1-3-7-12-10(5-1)9-11-6-2-4-8-13(11)14-12/h1-10,12,14H. The molecular weight excluding hydrogens is 170 g/mol. The van der Waals surface area contributed by atoms with E-state index in [4.69, 9.17) is 0 Å². The molecule has 1 nitrogen and oxygen atoms in total. The van der Waals surface area contributed by atoms with Gasteiger partial charge in [-0.1, -0.05) is 42.5 Å². The Balaban J connectivity index is 2.00. The van der Waals surface area contributed by atoms with Crippen molar-refractivity contribution in [1.82, 2.24) is 0 Å². The van der Waals surface area contributed by atoms with Crippen LogP contribution in [0.1, 0.15) is 5.56 Å². The fraction of sp³-hybridized carbons (Fsp3) is 0.154. The fourth-order valence-corrected chi connectivity index (χ4v) is 2.09. The summed E-state index contributed by atoms with van der Waals surface area (Å²) in [6.07, 6.45) is 11.0. The van der Waals surface area contributed by atoms with Gasteiger partial charge in [0, 0.05) is 18.0 Å². The van der Waals surface area contributed by atoms with Crippen LogP contribution in [0.2, 0.25) is 0 Å². The lowest BCUT2D eigenvalue weighted by molar-refractivity contribution is 0.672. The van der Waals surface area contributed by atoms with Gasteiger partial charge >= 0.3 is 0 Å². The average molecular weight is 182 g/mol. The Hall–Kier alpha value is -1.50. The maximum absolute atomic E-state index is 3.53. The van der Waals surface area contributed by atoms with Gasteiger partial charge in [-0.25, -0.2) is 0 Å². The van der Waals surface area contributed by atoms with Gasteiger partial charge in [0.15, 0.2) is 0 Å². The zero-order valence-electron chi connectivity index (χ0n) is 7.85. The van der Waals surface area contributed by atoms with Crippen LogP contribution in [0.5, 0.6) is 0 Å². The second kappa shape index (κ2) is 3.02. The molecule has 1 aliphatic carbocycles. The largest absolute Gasteiger partial charge is 0.378 e. The van der Waals surface area contributed by atoms with Crippen LogP contribution in [-0.2, 0) is 0 Å². The van der Waals surface area contributed by atoms with Gasteiger partial charge in [-0.05, 0) is 11.6 Å². The zero-order valence-corrected chi connectivity index (χ0v) is 7.85. The third-order valence-electron chi connectivity index (χ3n) is 2.83. The molecule has 2 atom stereocenters. The SMILES string of the molecule is [CH]1c2ccccc2NC2C=CC=CC12. The predicted octanol–water partition coefficient (Wildman–Crippen LogP) is 2.78. The summed E-state index contributed by atoms with van der Waals surface area (Å²) in [6.45, 7) is 0. The first kappa shape index (κ1) is 7.86. The maximum Gasteiger partial charge on any atom is 0.0516 e. The summed E-state index contributed by atoms with van der Waals surface area (Å²) in [5, 5.41) is 3.53. The van der Waals surface area contributed by atoms with Gasteiger partial charge in [-0.3, -0.25) is 0 Å². The van der Waals surface area contributed by atoms with Crippen molar-refractivity contribution in [3.8, 4) is 0 Å². The molecule has 0 aromatic heterocycles. The van der Waals surface area contributed by atoms with Crippen LogP contribution in [0, 0.1) is 12.3 Å². The summed E-state index contributed by atoms with van der Waals surface area (Å²) >= 11 is 0. The van der Waals surface area contributed by atoms with Crippen molar-refractivity contribution in [1.29, 1.82) is 0 Å². The molecule has 0 bridgehead atoms. The number of hydrogen-bond acceptors (Lipinski definition) is 1. The van der Waals surface area contributed by atoms with Crippen molar-refractivity contribution in [2.24, 2.45) is 5.92 Å². The van der Waals surface area contributed by atoms with Crippen molar-refractivity contribution in [3.63, 3.8) is 0 Å². The first-order chi connectivity index (χ1) is 6.93. The smallest absolute Gasteiger partial charge is 0.0516 e. The monoisotopic (exact) mass is 182 g/mol. The second-order valence-corrected chi connectivity index (χ2v) is 3.77. The van der Waals surface area contributed by atoms with Gasteiger partial charge in [0.2, 0.25) is 0 Å². The van der Waals surface area contributed by atoms with Crippen molar-refractivity contribution in [2.75, 3.05) is 5.32 Å². The number of nitrogens with one attached hydrogen (secondary N) is 1. The number of para-hydroxylation sites is 1. The minimum absolute atomic E-state index is 0.440. The molecule has 1 heterocycles. The number of benzene rings is 1. The van der Waals surface area contributed by atoms with E-state index in [-0.39, 0.29) is 0 Å². The lowest BCUT2D eigenvalue weighted by atomic mass is 9.85. The van der Waals surface area contributed by atoms with Crippen LogP contribution in [0.3, 0.4) is 0 Å². The number of anilines is 1. The van der Waals surface area contributed by atoms with Gasteiger partial charge in [0.1, 0.15) is 0 Å². The predicted molar refractivity (Wildman–Crippen MR) is 59.0 cm³/mol. The van der Waals surface area contributed by atoms with Crippen LogP contribution in [0.25, 0.3) is 0 Å². The van der Waals surface area contributed by atoms with Crippen molar-refractivity contribution < 1.29 is 0 Å². The Labute approximate surface area is 84.1 Å². The summed E-state index contributed by atoms with van der Waals surface area (Å²) in [6, 6.07) is 8.89. The van der Waals surface area contributed by atoms with E-state index in [0.717, 1.165) is 0 Å². The van der Waals surface area contributed by atoms with Crippen LogP contribution in [-0.4, -0.2) is 6.04 Å². The van der Waals surface area contributed by atoms with E-state index in [9.17, 15) is 0 Å². The molecule has 69 valence electrons. The molecule has 1 radical (unpaired) electrons. The molecule has 3 rings (SSSR count). The first-order valence-electron chi connectivity index (χ1n) is 4.99. The summed E-state index contributed by atoms with van der Waals surface area (Å²) in [4.78, 5) is 0. The molecule has 2 unspecified atom stereocenters. The molecule has 1 aromatic carbocycles. The molecule has 0 spiro atoms. The highest BCUT2D eigenvalue weighted by molar-refractivity contribution is 5.60. The van der Waals surface area contributed by atoms with E-state index in [1.165, 1.54) is 11.3 Å². The number of fused-ring (bicyclic) bond motifs is 2. The molecule has 1 aromatic rings.